The quantitative estimate of drug-likeness (QED) is 0.846. The predicted octanol–water partition coefficient (Wildman–Crippen LogP) is 3.10. The van der Waals surface area contributed by atoms with Crippen molar-refractivity contribution in [1.29, 1.82) is 0 Å². The molecule has 1 heterocycles. The van der Waals surface area contributed by atoms with E-state index in [4.69, 9.17) is 0 Å². The van der Waals surface area contributed by atoms with Gasteiger partial charge in [-0.05, 0) is 56.3 Å². The number of hydrogen-bond donors (Lipinski definition) is 2. The first-order valence-electron chi connectivity index (χ1n) is 8.04. The van der Waals surface area contributed by atoms with Crippen LogP contribution in [0.25, 0.3) is 0 Å². The Hall–Kier alpha value is -1.13. The first-order valence-corrected chi connectivity index (χ1v) is 8.04. The lowest BCUT2D eigenvalue weighted by molar-refractivity contribution is 0.203. The van der Waals surface area contributed by atoms with Gasteiger partial charge in [0.1, 0.15) is 5.82 Å². The number of anilines is 1. The topological polar surface area (TPSA) is 35.5 Å². The first-order chi connectivity index (χ1) is 10.2. The van der Waals surface area contributed by atoms with Crippen molar-refractivity contribution in [2.75, 3.05) is 31.1 Å². The molecule has 21 heavy (non-hydrogen) atoms. The number of nitrogens with one attached hydrogen (secondary N) is 1. The SMILES string of the molecule is CCCNC(C)c1ccc(N2CCC(CO)CC2)c(F)c1. The number of aliphatic hydroxyl groups is 1. The summed E-state index contributed by atoms with van der Waals surface area (Å²) in [4.78, 5) is 2.09. The summed E-state index contributed by atoms with van der Waals surface area (Å²) in [5.74, 6) is 0.238. The summed E-state index contributed by atoms with van der Waals surface area (Å²) >= 11 is 0. The Kier molecular flexibility index (Phi) is 6.00. The maximum atomic E-state index is 14.4. The van der Waals surface area contributed by atoms with Gasteiger partial charge in [-0.2, -0.15) is 0 Å². The molecule has 2 N–H and O–H groups in total. The lowest BCUT2D eigenvalue weighted by atomic mass is 9.97. The largest absolute Gasteiger partial charge is 0.396 e. The molecule has 0 spiro atoms. The molecular formula is C17H27FN2O. The second-order valence-corrected chi connectivity index (χ2v) is 6.00. The van der Waals surface area contributed by atoms with Crippen LogP contribution < -0.4 is 10.2 Å². The normalized spacial score (nSPS) is 18.0. The number of rotatable bonds is 6. The minimum atomic E-state index is -0.139. The molecule has 1 aromatic carbocycles. The standard InChI is InChI=1S/C17H27FN2O/c1-3-8-19-13(2)15-4-5-17(16(18)11-15)20-9-6-14(12-21)7-10-20/h4-5,11,13-14,19,21H,3,6-10,12H2,1-2H3. The number of nitrogens with zero attached hydrogens (tertiary/aromatic N) is 1. The van der Waals surface area contributed by atoms with Gasteiger partial charge in [-0.1, -0.05) is 13.0 Å². The van der Waals surface area contributed by atoms with Crippen molar-refractivity contribution in [2.24, 2.45) is 5.92 Å². The molecule has 0 amide bonds. The molecule has 4 heteroatoms. The van der Waals surface area contributed by atoms with Crippen LogP contribution in [-0.4, -0.2) is 31.3 Å². The third kappa shape index (κ3) is 4.17. The van der Waals surface area contributed by atoms with Gasteiger partial charge in [0.25, 0.3) is 0 Å². The summed E-state index contributed by atoms with van der Waals surface area (Å²) in [6.45, 7) is 7.03. The monoisotopic (exact) mass is 294 g/mol. The molecule has 2 rings (SSSR count). The Morgan fingerprint density at radius 2 is 2.10 bits per heavy atom. The second-order valence-electron chi connectivity index (χ2n) is 6.00. The summed E-state index contributed by atoms with van der Waals surface area (Å²) in [6.07, 6.45) is 2.95. The summed E-state index contributed by atoms with van der Waals surface area (Å²) < 4.78 is 14.4. The number of aliphatic hydroxyl groups excluding tert-OH is 1. The Morgan fingerprint density at radius 3 is 2.67 bits per heavy atom. The van der Waals surface area contributed by atoms with Gasteiger partial charge in [-0.3, -0.25) is 0 Å². The Labute approximate surface area is 127 Å². The van der Waals surface area contributed by atoms with Crippen LogP contribution in [0.15, 0.2) is 18.2 Å². The molecule has 1 atom stereocenters. The van der Waals surface area contributed by atoms with Crippen LogP contribution in [-0.2, 0) is 0 Å². The van der Waals surface area contributed by atoms with Gasteiger partial charge in [0, 0.05) is 25.7 Å². The number of halogens is 1. The molecule has 1 aliphatic rings. The minimum Gasteiger partial charge on any atom is -0.396 e. The van der Waals surface area contributed by atoms with E-state index in [1.165, 1.54) is 0 Å². The fourth-order valence-corrected chi connectivity index (χ4v) is 2.88. The molecule has 0 saturated carbocycles. The Balaban J connectivity index is 2.02. The number of hydrogen-bond acceptors (Lipinski definition) is 3. The molecule has 0 bridgehead atoms. The lowest BCUT2D eigenvalue weighted by Crippen LogP contribution is -2.35. The van der Waals surface area contributed by atoms with Crippen molar-refractivity contribution < 1.29 is 9.50 Å². The fraction of sp³-hybridized carbons (Fsp3) is 0.647. The second kappa shape index (κ2) is 7.76. The average Bonchev–Trinajstić information content (AvgIpc) is 2.52. The lowest BCUT2D eigenvalue weighted by Gasteiger charge is -2.33. The summed E-state index contributed by atoms with van der Waals surface area (Å²) in [5, 5.41) is 12.6. The summed E-state index contributed by atoms with van der Waals surface area (Å²) in [5.41, 5.74) is 1.69. The van der Waals surface area contributed by atoms with Gasteiger partial charge < -0.3 is 15.3 Å². The van der Waals surface area contributed by atoms with E-state index in [1.54, 1.807) is 6.07 Å². The van der Waals surface area contributed by atoms with Crippen LogP contribution in [0.1, 0.15) is 44.7 Å². The first kappa shape index (κ1) is 16.2. The molecule has 1 unspecified atom stereocenters. The van der Waals surface area contributed by atoms with E-state index >= 15 is 0 Å². The minimum absolute atomic E-state index is 0.139. The van der Waals surface area contributed by atoms with Crippen LogP contribution in [0.4, 0.5) is 10.1 Å². The highest BCUT2D eigenvalue weighted by Crippen LogP contribution is 2.27. The van der Waals surface area contributed by atoms with E-state index < -0.39 is 0 Å². The van der Waals surface area contributed by atoms with Gasteiger partial charge in [0.05, 0.1) is 5.69 Å². The van der Waals surface area contributed by atoms with Gasteiger partial charge in [0.2, 0.25) is 0 Å². The fourth-order valence-electron chi connectivity index (χ4n) is 2.88. The van der Waals surface area contributed by atoms with E-state index in [2.05, 4.69) is 24.1 Å². The third-order valence-electron chi connectivity index (χ3n) is 4.39. The highest BCUT2D eigenvalue weighted by molar-refractivity contribution is 5.50. The molecule has 1 aromatic rings. The highest BCUT2D eigenvalue weighted by atomic mass is 19.1. The van der Waals surface area contributed by atoms with Crippen molar-refractivity contribution in [1.82, 2.24) is 5.32 Å². The summed E-state index contributed by atoms with van der Waals surface area (Å²) in [6, 6.07) is 5.74. The maximum Gasteiger partial charge on any atom is 0.146 e. The van der Waals surface area contributed by atoms with Gasteiger partial charge in [-0.25, -0.2) is 4.39 Å². The van der Waals surface area contributed by atoms with Crippen molar-refractivity contribution in [3.63, 3.8) is 0 Å². The summed E-state index contributed by atoms with van der Waals surface area (Å²) in [7, 11) is 0. The van der Waals surface area contributed by atoms with E-state index in [1.807, 2.05) is 12.1 Å². The third-order valence-corrected chi connectivity index (χ3v) is 4.39. The van der Waals surface area contributed by atoms with Crippen LogP contribution in [0.3, 0.4) is 0 Å². The van der Waals surface area contributed by atoms with Crippen LogP contribution in [0, 0.1) is 11.7 Å². The average molecular weight is 294 g/mol. The van der Waals surface area contributed by atoms with E-state index in [0.717, 1.165) is 44.5 Å². The molecule has 0 radical (unpaired) electrons. The van der Waals surface area contributed by atoms with Crippen LogP contribution in [0.2, 0.25) is 0 Å². The number of benzene rings is 1. The Bertz CT molecular complexity index is 444. The van der Waals surface area contributed by atoms with E-state index in [0.29, 0.717) is 11.6 Å². The van der Waals surface area contributed by atoms with Crippen molar-refractivity contribution in [3.8, 4) is 0 Å². The zero-order valence-corrected chi connectivity index (χ0v) is 13.1. The zero-order valence-electron chi connectivity index (χ0n) is 13.1. The molecule has 118 valence electrons. The molecule has 0 aromatic heterocycles. The van der Waals surface area contributed by atoms with Gasteiger partial charge in [0.15, 0.2) is 0 Å². The molecule has 0 aliphatic carbocycles. The Morgan fingerprint density at radius 1 is 1.38 bits per heavy atom. The molecule has 1 saturated heterocycles. The maximum absolute atomic E-state index is 14.4. The molecular weight excluding hydrogens is 267 g/mol. The molecule has 1 aliphatic heterocycles. The van der Waals surface area contributed by atoms with Gasteiger partial charge >= 0.3 is 0 Å². The smallest absolute Gasteiger partial charge is 0.146 e. The van der Waals surface area contributed by atoms with Gasteiger partial charge in [-0.15, -0.1) is 0 Å². The number of piperidine rings is 1. The van der Waals surface area contributed by atoms with Crippen molar-refractivity contribution in [3.05, 3.63) is 29.6 Å². The highest BCUT2D eigenvalue weighted by Gasteiger charge is 2.21. The van der Waals surface area contributed by atoms with Crippen molar-refractivity contribution >= 4 is 5.69 Å². The predicted molar refractivity (Wildman–Crippen MR) is 85.1 cm³/mol. The van der Waals surface area contributed by atoms with Crippen LogP contribution in [0.5, 0.6) is 0 Å². The van der Waals surface area contributed by atoms with Crippen LogP contribution >= 0.6 is 0 Å². The van der Waals surface area contributed by atoms with Crippen molar-refractivity contribution in [2.45, 2.75) is 39.2 Å². The molecule has 3 nitrogen and oxygen atoms in total. The molecule has 1 fully saturated rings. The zero-order chi connectivity index (χ0) is 15.2. The van der Waals surface area contributed by atoms with E-state index in [9.17, 15) is 9.50 Å². The van der Waals surface area contributed by atoms with E-state index in [-0.39, 0.29) is 18.5 Å².